The lowest BCUT2D eigenvalue weighted by atomic mass is 9.63. The Morgan fingerprint density at radius 1 is 1.14 bits per heavy atom. The first-order valence-electron chi connectivity index (χ1n) is 5.84. The second kappa shape index (κ2) is 5.00. The molecule has 0 aliphatic heterocycles. The van der Waals surface area contributed by atoms with Crippen LogP contribution in [-0.2, 0) is 0 Å². The predicted octanol–water partition coefficient (Wildman–Crippen LogP) is 5.05. The van der Waals surface area contributed by atoms with Crippen molar-refractivity contribution in [2.75, 3.05) is 0 Å². The molecule has 0 aromatic heterocycles. The first kappa shape index (κ1) is 13.7. The van der Waals surface area contributed by atoms with Crippen LogP contribution in [0.5, 0.6) is 0 Å². The lowest BCUT2D eigenvalue weighted by molar-refractivity contribution is 0.0921. The van der Waals surface area contributed by atoms with Crippen molar-refractivity contribution in [1.82, 2.24) is 0 Å². The van der Waals surface area contributed by atoms with Gasteiger partial charge in [-0.15, -0.1) is 6.58 Å². The van der Waals surface area contributed by atoms with E-state index in [0.717, 1.165) is 12.3 Å². The monoisotopic (exact) mass is 196 g/mol. The van der Waals surface area contributed by atoms with Crippen molar-refractivity contribution < 1.29 is 0 Å². The molecule has 0 aliphatic carbocycles. The Labute approximate surface area is 90.8 Å². The van der Waals surface area contributed by atoms with Gasteiger partial charge in [0.1, 0.15) is 0 Å². The van der Waals surface area contributed by atoms with E-state index in [0.29, 0.717) is 10.8 Å². The van der Waals surface area contributed by atoms with Gasteiger partial charge in [-0.05, 0) is 29.6 Å². The molecule has 0 N–H and O–H groups in total. The molecule has 0 amide bonds. The summed E-state index contributed by atoms with van der Waals surface area (Å²) in [5.74, 6) is 0.807. The van der Waals surface area contributed by atoms with Crippen LogP contribution in [0.3, 0.4) is 0 Å². The SMILES string of the molecule is C=CCC(C)(CCC(C)C)C(C)(C)C. The molecule has 0 nitrogen and oxygen atoms in total. The maximum absolute atomic E-state index is 3.89. The summed E-state index contributed by atoms with van der Waals surface area (Å²) in [5, 5.41) is 0. The largest absolute Gasteiger partial charge is 0.103 e. The van der Waals surface area contributed by atoms with Crippen LogP contribution >= 0.6 is 0 Å². The second-order valence-electron chi connectivity index (χ2n) is 6.24. The molecule has 0 rings (SSSR count). The molecule has 0 spiro atoms. The van der Waals surface area contributed by atoms with Crippen molar-refractivity contribution in [2.45, 2.75) is 60.8 Å². The molecule has 1 atom stereocenters. The van der Waals surface area contributed by atoms with E-state index in [-0.39, 0.29) is 0 Å². The fourth-order valence-electron chi connectivity index (χ4n) is 1.71. The van der Waals surface area contributed by atoms with Crippen molar-refractivity contribution in [1.29, 1.82) is 0 Å². The van der Waals surface area contributed by atoms with Crippen molar-refractivity contribution in [3.8, 4) is 0 Å². The van der Waals surface area contributed by atoms with Crippen LogP contribution in [0.15, 0.2) is 12.7 Å². The Bertz CT molecular complexity index is 171. The summed E-state index contributed by atoms with van der Waals surface area (Å²) in [6.07, 6.45) is 5.83. The highest BCUT2D eigenvalue weighted by Gasteiger charge is 2.35. The van der Waals surface area contributed by atoms with Crippen molar-refractivity contribution >= 4 is 0 Å². The van der Waals surface area contributed by atoms with Crippen molar-refractivity contribution in [3.05, 3.63) is 12.7 Å². The fraction of sp³-hybridized carbons (Fsp3) is 0.857. The van der Waals surface area contributed by atoms with Crippen LogP contribution in [0.25, 0.3) is 0 Å². The maximum atomic E-state index is 3.89. The molecule has 0 heterocycles. The van der Waals surface area contributed by atoms with Crippen LogP contribution in [0.1, 0.15) is 60.8 Å². The Morgan fingerprint density at radius 3 is 1.93 bits per heavy atom. The minimum Gasteiger partial charge on any atom is -0.103 e. The molecule has 0 aliphatic rings. The summed E-state index contributed by atoms with van der Waals surface area (Å²) in [6.45, 7) is 17.9. The van der Waals surface area contributed by atoms with Crippen LogP contribution < -0.4 is 0 Å². The van der Waals surface area contributed by atoms with Gasteiger partial charge < -0.3 is 0 Å². The standard InChI is InChI=1S/C14H28/c1-8-10-14(7,13(4,5)6)11-9-12(2)3/h8,12H,1,9-11H2,2-7H3. The van der Waals surface area contributed by atoms with Gasteiger partial charge in [-0.1, -0.05) is 54.0 Å². The number of allylic oxidation sites excluding steroid dienone is 1. The second-order valence-corrected chi connectivity index (χ2v) is 6.24. The average Bonchev–Trinajstić information content (AvgIpc) is 1.99. The molecule has 0 bridgehead atoms. The first-order valence-corrected chi connectivity index (χ1v) is 5.84. The van der Waals surface area contributed by atoms with E-state index in [1.54, 1.807) is 0 Å². The van der Waals surface area contributed by atoms with Gasteiger partial charge in [0.2, 0.25) is 0 Å². The van der Waals surface area contributed by atoms with E-state index < -0.39 is 0 Å². The summed E-state index contributed by atoms with van der Waals surface area (Å²) >= 11 is 0. The van der Waals surface area contributed by atoms with Gasteiger partial charge in [0.25, 0.3) is 0 Å². The predicted molar refractivity (Wildman–Crippen MR) is 66.4 cm³/mol. The minimum absolute atomic E-state index is 0.371. The normalized spacial score (nSPS) is 16.8. The minimum atomic E-state index is 0.371. The topological polar surface area (TPSA) is 0 Å². The van der Waals surface area contributed by atoms with Gasteiger partial charge in [-0.3, -0.25) is 0 Å². The third-order valence-corrected chi connectivity index (χ3v) is 3.68. The van der Waals surface area contributed by atoms with E-state index in [1.807, 2.05) is 0 Å². The summed E-state index contributed by atoms with van der Waals surface area (Å²) in [5.41, 5.74) is 0.773. The highest BCUT2D eigenvalue weighted by atomic mass is 14.4. The van der Waals surface area contributed by atoms with Gasteiger partial charge in [0, 0.05) is 0 Å². The third-order valence-electron chi connectivity index (χ3n) is 3.68. The Kier molecular flexibility index (Phi) is 4.91. The zero-order chi connectivity index (χ0) is 11.4. The Morgan fingerprint density at radius 2 is 1.64 bits per heavy atom. The maximum Gasteiger partial charge on any atom is -0.0243 e. The lowest BCUT2D eigenvalue weighted by Crippen LogP contribution is -2.32. The molecule has 0 aromatic rings. The molecule has 84 valence electrons. The van der Waals surface area contributed by atoms with Gasteiger partial charge >= 0.3 is 0 Å². The molecular weight excluding hydrogens is 168 g/mol. The molecule has 0 radical (unpaired) electrons. The summed E-state index contributed by atoms with van der Waals surface area (Å²) in [7, 11) is 0. The zero-order valence-electron chi connectivity index (χ0n) is 11.0. The van der Waals surface area contributed by atoms with E-state index in [2.05, 4.69) is 54.2 Å². The van der Waals surface area contributed by atoms with Gasteiger partial charge in [-0.25, -0.2) is 0 Å². The van der Waals surface area contributed by atoms with E-state index in [9.17, 15) is 0 Å². The van der Waals surface area contributed by atoms with Crippen LogP contribution in [0.4, 0.5) is 0 Å². The van der Waals surface area contributed by atoms with Gasteiger partial charge in [-0.2, -0.15) is 0 Å². The molecule has 1 unspecified atom stereocenters. The molecule has 0 fully saturated rings. The van der Waals surface area contributed by atoms with Crippen LogP contribution in [0, 0.1) is 16.7 Å². The molecule has 0 aromatic carbocycles. The van der Waals surface area contributed by atoms with E-state index >= 15 is 0 Å². The van der Waals surface area contributed by atoms with Crippen molar-refractivity contribution in [3.63, 3.8) is 0 Å². The number of rotatable bonds is 5. The summed E-state index contributed by atoms with van der Waals surface area (Å²) < 4.78 is 0. The van der Waals surface area contributed by atoms with Crippen LogP contribution in [0.2, 0.25) is 0 Å². The van der Waals surface area contributed by atoms with Crippen molar-refractivity contribution in [2.24, 2.45) is 16.7 Å². The highest BCUT2D eigenvalue weighted by Crippen LogP contribution is 2.45. The van der Waals surface area contributed by atoms with Gasteiger partial charge in [0.05, 0.1) is 0 Å². The third kappa shape index (κ3) is 3.86. The average molecular weight is 196 g/mol. The lowest BCUT2D eigenvalue weighted by Gasteiger charge is -2.42. The van der Waals surface area contributed by atoms with E-state index in [1.165, 1.54) is 12.8 Å². The molecule has 0 heteroatoms. The quantitative estimate of drug-likeness (QED) is 0.540. The summed E-state index contributed by atoms with van der Waals surface area (Å²) in [6, 6.07) is 0. The fourth-order valence-corrected chi connectivity index (χ4v) is 1.71. The Balaban J connectivity index is 4.47. The van der Waals surface area contributed by atoms with E-state index in [4.69, 9.17) is 0 Å². The highest BCUT2D eigenvalue weighted by molar-refractivity contribution is 4.91. The zero-order valence-corrected chi connectivity index (χ0v) is 11.0. The van der Waals surface area contributed by atoms with Crippen LogP contribution in [-0.4, -0.2) is 0 Å². The molecular formula is C14H28. The number of hydrogen-bond donors (Lipinski definition) is 0. The Hall–Kier alpha value is -0.260. The smallest absolute Gasteiger partial charge is 0.0243 e. The molecule has 0 saturated carbocycles. The first-order chi connectivity index (χ1) is 6.23. The summed E-state index contributed by atoms with van der Waals surface area (Å²) in [4.78, 5) is 0. The number of hydrogen-bond acceptors (Lipinski definition) is 0. The molecule has 14 heavy (non-hydrogen) atoms. The molecule has 0 saturated heterocycles. The van der Waals surface area contributed by atoms with Gasteiger partial charge in [0.15, 0.2) is 0 Å².